The lowest BCUT2D eigenvalue weighted by Crippen LogP contribution is -2.10. The van der Waals surface area contributed by atoms with Gasteiger partial charge in [-0.1, -0.05) is 30.5 Å². The molecule has 0 heterocycles. The van der Waals surface area contributed by atoms with Crippen LogP contribution in [0, 0.1) is 12.8 Å². The van der Waals surface area contributed by atoms with Gasteiger partial charge in [-0.3, -0.25) is 0 Å². The molecule has 0 spiro atoms. The van der Waals surface area contributed by atoms with Crippen LogP contribution in [0.15, 0.2) is 24.3 Å². The largest absolute Gasteiger partial charge is 0.385 e. The van der Waals surface area contributed by atoms with Crippen molar-refractivity contribution in [2.45, 2.75) is 32.6 Å². The van der Waals surface area contributed by atoms with Gasteiger partial charge in [0.05, 0.1) is 0 Å². The van der Waals surface area contributed by atoms with Crippen LogP contribution in [0.1, 0.15) is 31.2 Å². The Morgan fingerprint density at radius 1 is 1.14 bits per heavy atom. The lowest BCUT2D eigenvalue weighted by molar-refractivity contribution is 0.580. The Balaban J connectivity index is 1.82. The molecule has 0 aromatic heterocycles. The van der Waals surface area contributed by atoms with E-state index >= 15 is 0 Å². The summed E-state index contributed by atoms with van der Waals surface area (Å²) in [6.07, 6.45) is 5.69. The van der Waals surface area contributed by atoms with Crippen LogP contribution in [0.3, 0.4) is 0 Å². The second kappa shape index (κ2) is 4.50. The summed E-state index contributed by atoms with van der Waals surface area (Å²) < 4.78 is 0. The van der Waals surface area contributed by atoms with E-state index in [4.69, 9.17) is 0 Å². The molecule has 0 radical (unpaired) electrons. The van der Waals surface area contributed by atoms with E-state index < -0.39 is 0 Å². The molecule has 0 atom stereocenters. The summed E-state index contributed by atoms with van der Waals surface area (Å²) in [7, 11) is 0. The first-order chi connectivity index (χ1) is 6.84. The Bertz CT molecular complexity index is 270. The molecule has 14 heavy (non-hydrogen) atoms. The average molecular weight is 189 g/mol. The van der Waals surface area contributed by atoms with E-state index in [1.54, 1.807) is 0 Å². The van der Waals surface area contributed by atoms with Gasteiger partial charge in [-0.15, -0.1) is 0 Å². The van der Waals surface area contributed by atoms with Gasteiger partial charge in [-0.05, 0) is 37.8 Å². The molecule has 1 aliphatic rings. The monoisotopic (exact) mass is 189 g/mol. The van der Waals surface area contributed by atoms with E-state index in [0.29, 0.717) is 0 Å². The molecule has 2 rings (SSSR count). The maximum absolute atomic E-state index is 3.51. The summed E-state index contributed by atoms with van der Waals surface area (Å²) in [5, 5.41) is 3.51. The Kier molecular flexibility index (Phi) is 3.07. The third kappa shape index (κ3) is 2.50. The topological polar surface area (TPSA) is 12.0 Å². The minimum atomic E-state index is 0.913. The quantitative estimate of drug-likeness (QED) is 0.766. The highest BCUT2D eigenvalue weighted by Gasteiger charge is 2.13. The van der Waals surface area contributed by atoms with Gasteiger partial charge in [0.2, 0.25) is 0 Å². The summed E-state index contributed by atoms with van der Waals surface area (Å²) in [6.45, 7) is 3.28. The van der Waals surface area contributed by atoms with Gasteiger partial charge in [0.1, 0.15) is 0 Å². The second-order valence-corrected chi connectivity index (χ2v) is 4.40. The molecule has 0 aliphatic heterocycles. The van der Waals surface area contributed by atoms with Crippen LogP contribution in [0.4, 0.5) is 5.69 Å². The molecule has 0 saturated heterocycles. The van der Waals surface area contributed by atoms with Crippen molar-refractivity contribution in [1.29, 1.82) is 0 Å². The van der Waals surface area contributed by atoms with E-state index in [1.807, 2.05) is 0 Å². The summed E-state index contributed by atoms with van der Waals surface area (Å²) in [6, 6.07) is 8.67. The summed E-state index contributed by atoms with van der Waals surface area (Å²) in [4.78, 5) is 0. The molecule has 0 unspecified atom stereocenters. The van der Waals surface area contributed by atoms with Crippen LogP contribution in [-0.2, 0) is 0 Å². The first kappa shape index (κ1) is 9.57. The van der Waals surface area contributed by atoms with Crippen molar-refractivity contribution >= 4 is 5.69 Å². The molecule has 1 heteroatoms. The maximum Gasteiger partial charge on any atom is 0.0340 e. The predicted octanol–water partition coefficient (Wildman–Crippen LogP) is 3.60. The standard InChI is InChI=1S/C13H19N/c1-11-6-8-13(9-7-11)14-10-12-4-2-3-5-12/h6-9,12,14H,2-5,10H2,1H3. The third-order valence-corrected chi connectivity index (χ3v) is 3.12. The number of aryl methyl sites for hydroxylation is 1. The molecule has 1 saturated carbocycles. The molecule has 1 aliphatic carbocycles. The van der Waals surface area contributed by atoms with Crippen molar-refractivity contribution < 1.29 is 0 Å². The number of anilines is 1. The lowest BCUT2D eigenvalue weighted by Gasteiger charge is -2.11. The fraction of sp³-hybridized carbons (Fsp3) is 0.538. The van der Waals surface area contributed by atoms with Crippen LogP contribution in [0.5, 0.6) is 0 Å². The predicted molar refractivity (Wildman–Crippen MR) is 61.6 cm³/mol. The van der Waals surface area contributed by atoms with Gasteiger partial charge < -0.3 is 5.32 Å². The fourth-order valence-corrected chi connectivity index (χ4v) is 2.15. The SMILES string of the molecule is Cc1ccc(NCC2CCCC2)cc1. The fourth-order valence-electron chi connectivity index (χ4n) is 2.15. The average Bonchev–Trinajstić information content (AvgIpc) is 2.70. The normalized spacial score (nSPS) is 17.2. The molecule has 1 aromatic carbocycles. The van der Waals surface area contributed by atoms with Gasteiger partial charge in [0.25, 0.3) is 0 Å². The lowest BCUT2D eigenvalue weighted by atomic mass is 10.1. The van der Waals surface area contributed by atoms with E-state index in [0.717, 1.165) is 12.5 Å². The van der Waals surface area contributed by atoms with Crippen molar-refractivity contribution in [2.24, 2.45) is 5.92 Å². The first-order valence-electron chi connectivity index (χ1n) is 5.65. The van der Waals surface area contributed by atoms with Gasteiger partial charge in [-0.25, -0.2) is 0 Å². The Morgan fingerprint density at radius 2 is 1.79 bits per heavy atom. The van der Waals surface area contributed by atoms with E-state index in [9.17, 15) is 0 Å². The van der Waals surface area contributed by atoms with Gasteiger partial charge in [0.15, 0.2) is 0 Å². The van der Waals surface area contributed by atoms with E-state index in [2.05, 4.69) is 36.5 Å². The zero-order valence-electron chi connectivity index (χ0n) is 8.92. The van der Waals surface area contributed by atoms with Crippen LogP contribution in [0.25, 0.3) is 0 Å². The molecule has 0 bridgehead atoms. The van der Waals surface area contributed by atoms with Crippen molar-refractivity contribution in [3.8, 4) is 0 Å². The first-order valence-corrected chi connectivity index (χ1v) is 5.65. The van der Waals surface area contributed by atoms with Crippen molar-refractivity contribution in [1.82, 2.24) is 0 Å². The van der Waals surface area contributed by atoms with Gasteiger partial charge in [-0.2, -0.15) is 0 Å². The van der Waals surface area contributed by atoms with Crippen molar-refractivity contribution in [2.75, 3.05) is 11.9 Å². The molecular weight excluding hydrogens is 170 g/mol. The Morgan fingerprint density at radius 3 is 2.43 bits per heavy atom. The Hall–Kier alpha value is -0.980. The second-order valence-electron chi connectivity index (χ2n) is 4.40. The zero-order valence-corrected chi connectivity index (χ0v) is 8.92. The number of hydrogen-bond donors (Lipinski definition) is 1. The van der Waals surface area contributed by atoms with Crippen LogP contribution in [-0.4, -0.2) is 6.54 Å². The van der Waals surface area contributed by atoms with Gasteiger partial charge >= 0.3 is 0 Å². The molecular formula is C13H19N. The molecule has 1 aromatic rings. The summed E-state index contributed by atoms with van der Waals surface area (Å²) in [5.41, 5.74) is 2.60. The maximum atomic E-state index is 3.51. The van der Waals surface area contributed by atoms with Crippen LogP contribution >= 0.6 is 0 Å². The number of benzene rings is 1. The number of hydrogen-bond acceptors (Lipinski definition) is 1. The smallest absolute Gasteiger partial charge is 0.0340 e. The highest BCUT2D eigenvalue weighted by Crippen LogP contribution is 2.24. The van der Waals surface area contributed by atoms with Crippen LogP contribution < -0.4 is 5.32 Å². The van der Waals surface area contributed by atoms with Crippen molar-refractivity contribution in [3.05, 3.63) is 29.8 Å². The molecule has 1 N–H and O–H groups in total. The van der Waals surface area contributed by atoms with E-state index in [-0.39, 0.29) is 0 Å². The molecule has 1 fully saturated rings. The molecule has 1 nitrogen and oxygen atoms in total. The summed E-state index contributed by atoms with van der Waals surface area (Å²) >= 11 is 0. The van der Waals surface area contributed by atoms with Crippen LogP contribution in [0.2, 0.25) is 0 Å². The van der Waals surface area contributed by atoms with Gasteiger partial charge in [0, 0.05) is 12.2 Å². The zero-order chi connectivity index (χ0) is 9.80. The minimum absolute atomic E-state index is 0.913. The molecule has 76 valence electrons. The summed E-state index contributed by atoms with van der Waals surface area (Å²) in [5.74, 6) is 0.913. The van der Waals surface area contributed by atoms with Crippen molar-refractivity contribution in [3.63, 3.8) is 0 Å². The highest BCUT2D eigenvalue weighted by molar-refractivity contribution is 5.44. The highest BCUT2D eigenvalue weighted by atomic mass is 14.9. The number of nitrogens with one attached hydrogen (secondary N) is 1. The number of rotatable bonds is 3. The Labute approximate surface area is 86.5 Å². The molecule has 0 amide bonds. The minimum Gasteiger partial charge on any atom is -0.385 e. The third-order valence-electron chi connectivity index (χ3n) is 3.12. The van der Waals surface area contributed by atoms with E-state index in [1.165, 1.54) is 36.9 Å².